The first kappa shape index (κ1) is 13.8. The summed E-state index contributed by atoms with van der Waals surface area (Å²) in [6.07, 6.45) is 1.59. The number of halogens is 1. The Morgan fingerprint density at radius 1 is 1.29 bits per heavy atom. The molecule has 2 aromatic heterocycles. The largest absolute Gasteiger partial charge is 0.324 e. The van der Waals surface area contributed by atoms with Gasteiger partial charge in [-0.3, -0.25) is 9.59 Å². The average Bonchev–Trinajstić information content (AvgIpc) is 2.94. The highest BCUT2D eigenvalue weighted by Gasteiger charge is 2.09. The van der Waals surface area contributed by atoms with Gasteiger partial charge in [-0.1, -0.05) is 11.6 Å². The fourth-order valence-electron chi connectivity index (χ4n) is 1.88. The van der Waals surface area contributed by atoms with Gasteiger partial charge in [0.05, 0.1) is 6.20 Å². The molecule has 0 spiro atoms. The summed E-state index contributed by atoms with van der Waals surface area (Å²) in [5.41, 5.74) is 0.364. The van der Waals surface area contributed by atoms with Crippen LogP contribution in [0.4, 0.5) is 5.69 Å². The monoisotopic (exact) mass is 319 g/mol. The van der Waals surface area contributed by atoms with Crippen LogP contribution in [0.1, 0.15) is 0 Å². The second-order valence-electron chi connectivity index (χ2n) is 4.37. The van der Waals surface area contributed by atoms with Crippen molar-refractivity contribution in [1.29, 1.82) is 0 Å². The summed E-state index contributed by atoms with van der Waals surface area (Å²) < 4.78 is 1.76. The van der Waals surface area contributed by atoms with Crippen LogP contribution in [0, 0.1) is 0 Å². The lowest BCUT2D eigenvalue weighted by atomic mass is 10.3. The zero-order valence-corrected chi connectivity index (χ0v) is 12.3. The minimum atomic E-state index is -0.317. The van der Waals surface area contributed by atoms with Crippen molar-refractivity contribution in [2.45, 2.75) is 6.54 Å². The predicted octanol–water partition coefficient (Wildman–Crippen LogP) is 2.75. The van der Waals surface area contributed by atoms with Crippen molar-refractivity contribution in [2.75, 3.05) is 5.32 Å². The van der Waals surface area contributed by atoms with Crippen LogP contribution in [0.2, 0.25) is 5.02 Å². The van der Waals surface area contributed by atoms with E-state index in [0.29, 0.717) is 15.4 Å². The van der Waals surface area contributed by atoms with Crippen LogP contribution >= 0.6 is 22.9 Å². The van der Waals surface area contributed by atoms with E-state index in [1.54, 1.807) is 30.5 Å². The van der Waals surface area contributed by atoms with E-state index >= 15 is 0 Å². The molecule has 0 radical (unpaired) electrons. The molecule has 1 N–H and O–H groups in total. The third kappa shape index (κ3) is 2.96. The number of nitrogens with one attached hydrogen (secondary N) is 1. The van der Waals surface area contributed by atoms with Gasteiger partial charge in [-0.15, -0.1) is 11.3 Å². The summed E-state index contributed by atoms with van der Waals surface area (Å²) in [5, 5.41) is 9.90. The number of fused-ring (bicyclic) bond motifs is 1. The number of rotatable bonds is 3. The van der Waals surface area contributed by atoms with Crippen LogP contribution in [0.15, 0.2) is 46.7 Å². The van der Waals surface area contributed by atoms with Crippen molar-refractivity contribution in [3.8, 4) is 0 Å². The van der Waals surface area contributed by atoms with Gasteiger partial charge < -0.3 is 5.32 Å². The molecule has 0 fully saturated rings. The molecule has 0 aliphatic heterocycles. The minimum absolute atomic E-state index is 0.130. The molecule has 0 saturated heterocycles. The Labute approximate surface area is 128 Å². The van der Waals surface area contributed by atoms with Crippen LogP contribution in [0.25, 0.3) is 10.1 Å². The first-order valence-electron chi connectivity index (χ1n) is 6.12. The third-order valence-electron chi connectivity index (χ3n) is 2.88. The SMILES string of the molecule is O=C(Cn1ncc2ccsc2c1=O)Nc1ccc(Cl)cc1. The smallest absolute Gasteiger partial charge is 0.285 e. The predicted molar refractivity (Wildman–Crippen MR) is 84.0 cm³/mol. The summed E-state index contributed by atoms with van der Waals surface area (Å²) in [6.45, 7) is -0.130. The van der Waals surface area contributed by atoms with Crippen LogP contribution in [-0.2, 0) is 11.3 Å². The molecule has 2 heterocycles. The Balaban J connectivity index is 1.78. The summed E-state index contributed by atoms with van der Waals surface area (Å²) in [5.74, 6) is -0.317. The molecule has 0 bridgehead atoms. The van der Waals surface area contributed by atoms with E-state index in [1.165, 1.54) is 11.3 Å². The molecule has 1 aromatic carbocycles. The molecular formula is C14H10ClN3O2S. The number of carbonyl (C=O) groups excluding carboxylic acids is 1. The van der Waals surface area contributed by atoms with Crippen LogP contribution < -0.4 is 10.9 Å². The number of aromatic nitrogens is 2. The van der Waals surface area contributed by atoms with Crippen molar-refractivity contribution < 1.29 is 4.79 Å². The molecule has 5 nitrogen and oxygen atoms in total. The molecule has 3 rings (SSSR count). The number of carbonyl (C=O) groups is 1. The zero-order valence-electron chi connectivity index (χ0n) is 10.7. The number of amides is 1. The van der Waals surface area contributed by atoms with Gasteiger partial charge in [0, 0.05) is 16.1 Å². The van der Waals surface area contributed by atoms with Gasteiger partial charge >= 0.3 is 0 Å². The Kier molecular flexibility index (Phi) is 3.72. The van der Waals surface area contributed by atoms with E-state index in [0.717, 1.165) is 10.1 Å². The van der Waals surface area contributed by atoms with E-state index in [1.807, 2.05) is 11.4 Å². The fraction of sp³-hybridized carbons (Fsp3) is 0.0714. The second kappa shape index (κ2) is 5.67. The maximum absolute atomic E-state index is 12.1. The van der Waals surface area contributed by atoms with E-state index in [-0.39, 0.29) is 18.0 Å². The minimum Gasteiger partial charge on any atom is -0.324 e. The van der Waals surface area contributed by atoms with Crippen molar-refractivity contribution in [3.63, 3.8) is 0 Å². The number of hydrogen-bond acceptors (Lipinski definition) is 4. The van der Waals surface area contributed by atoms with Crippen LogP contribution in [0.5, 0.6) is 0 Å². The van der Waals surface area contributed by atoms with Crippen molar-refractivity contribution in [1.82, 2.24) is 9.78 Å². The van der Waals surface area contributed by atoms with Gasteiger partial charge in [0.15, 0.2) is 0 Å². The van der Waals surface area contributed by atoms with E-state index in [9.17, 15) is 9.59 Å². The van der Waals surface area contributed by atoms with Crippen molar-refractivity contribution in [3.05, 3.63) is 57.3 Å². The summed E-state index contributed by atoms with van der Waals surface area (Å²) in [6, 6.07) is 8.57. The first-order chi connectivity index (χ1) is 10.1. The quantitative estimate of drug-likeness (QED) is 0.807. The van der Waals surface area contributed by atoms with Gasteiger partial charge in [-0.05, 0) is 35.7 Å². The Morgan fingerprint density at radius 3 is 2.81 bits per heavy atom. The maximum Gasteiger partial charge on any atom is 0.285 e. The number of thiophene rings is 1. The van der Waals surface area contributed by atoms with E-state index < -0.39 is 0 Å². The van der Waals surface area contributed by atoms with Crippen LogP contribution in [0.3, 0.4) is 0 Å². The van der Waals surface area contributed by atoms with Gasteiger partial charge in [0.25, 0.3) is 5.56 Å². The highest BCUT2D eigenvalue weighted by atomic mass is 35.5. The fourth-order valence-corrected chi connectivity index (χ4v) is 2.82. The lowest BCUT2D eigenvalue weighted by molar-refractivity contribution is -0.117. The molecule has 21 heavy (non-hydrogen) atoms. The zero-order chi connectivity index (χ0) is 14.8. The van der Waals surface area contributed by atoms with Gasteiger partial charge in [0.1, 0.15) is 11.2 Å². The maximum atomic E-state index is 12.1. The topological polar surface area (TPSA) is 64.0 Å². The number of anilines is 1. The summed E-state index contributed by atoms with van der Waals surface area (Å²) >= 11 is 7.12. The molecule has 0 aliphatic carbocycles. The van der Waals surface area contributed by atoms with Crippen molar-refractivity contribution in [2.24, 2.45) is 0 Å². The molecule has 1 amide bonds. The number of benzene rings is 1. The Morgan fingerprint density at radius 2 is 2.05 bits per heavy atom. The lowest BCUT2D eigenvalue weighted by Crippen LogP contribution is -2.29. The molecule has 0 unspecified atom stereocenters. The molecular weight excluding hydrogens is 310 g/mol. The molecule has 3 aromatic rings. The lowest BCUT2D eigenvalue weighted by Gasteiger charge is -2.06. The highest BCUT2D eigenvalue weighted by molar-refractivity contribution is 7.17. The molecule has 0 aliphatic rings. The number of nitrogens with zero attached hydrogens (tertiary/aromatic N) is 2. The standard InChI is InChI=1S/C14H10ClN3O2S/c15-10-1-3-11(4-2-10)17-12(19)8-18-14(20)13-9(7-16-18)5-6-21-13/h1-7H,8H2,(H,17,19). The second-order valence-corrected chi connectivity index (χ2v) is 5.72. The van der Waals surface area contributed by atoms with E-state index in [2.05, 4.69) is 10.4 Å². The summed E-state index contributed by atoms with van der Waals surface area (Å²) in [7, 11) is 0. The third-order valence-corrected chi connectivity index (χ3v) is 4.05. The van der Waals surface area contributed by atoms with Gasteiger partial charge in [0.2, 0.25) is 5.91 Å². The van der Waals surface area contributed by atoms with Gasteiger partial charge in [-0.25, -0.2) is 4.68 Å². The molecule has 0 saturated carbocycles. The Bertz CT molecular complexity index is 855. The van der Waals surface area contributed by atoms with E-state index in [4.69, 9.17) is 11.6 Å². The van der Waals surface area contributed by atoms with Crippen LogP contribution in [-0.4, -0.2) is 15.7 Å². The molecule has 106 valence electrons. The first-order valence-corrected chi connectivity index (χ1v) is 7.38. The molecule has 7 heteroatoms. The average molecular weight is 320 g/mol. The highest BCUT2D eigenvalue weighted by Crippen LogP contribution is 2.15. The number of hydrogen-bond donors (Lipinski definition) is 1. The summed E-state index contributed by atoms with van der Waals surface area (Å²) in [4.78, 5) is 24.1. The van der Waals surface area contributed by atoms with Gasteiger partial charge in [-0.2, -0.15) is 5.10 Å². The Hall–Kier alpha value is -2.18. The molecule has 0 atom stereocenters. The normalized spacial score (nSPS) is 10.7. The van der Waals surface area contributed by atoms with Crippen molar-refractivity contribution >= 4 is 44.6 Å².